The smallest absolute Gasteiger partial charge is 0.329 e. The number of nitrogens with zero attached hydrogens (tertiary/aromatic N) is 1. The van der Waals surface area contributed by atoms with Crippen LogP contribution in [0.25, 0.3) is 0 Å². The molecule has 0 unspecified atom stereocenters. The van der Waals surface area contributed by atoms with Crippen LogP contribution in [0.15, 0.2) is 30.3 Å². The quantitative estimate of drug-likeness (QED) is 0.748. The number of hydrogen-bond acceptors (Lipinski definition) is 4. The molecule has 7 nitrogen and oxygen atoms in total. The molecule has 1 fully saturated rings. The lowest BCUT2D eigenvalue weighted by atomic mass is 10.0. The molecule has 0 aliphatic carbocycles. The first-order valence-electron chi connectivity index (χ1n) is 9.43. The largest absolute Gasteiger partial charge is 0.454 e. The van der Waals surface area contributed by atoms with E-state index >= 15 is 0 Å². The number of para-hydroxylation sites is 1. The van der Waals surface area contributed by atoms with Gasteiger partial charge in [-0.2, -0.15) is 0 Å². The van der Waals surface area contributed by atoms with E-state index in [2.05, 4.69) is 17.6 Å². The number of rotatable bonds is 6. The molecule has 27 heavy (non-hydrogen) atoms. The van der Waals surface area contributed by atoms with Gasteiger partial charge in [-0.1, -0.05) is 39.0 Å². The van der Waals surface area contributed by atoms with E-state index in [1.165, 1.54) is 0 Å². The van der Waals surface area contributed by atoms with Crippen LogP contribution < -0.4 is 10.6 Å². The molecule has 148 valence electrons. The highest BCUT2D eigenvalue weighted by molar-refractivity contribution is 5.93. The van der Waals surface area contributed by atoms with E-state index in [0.29, 0.717) is 24.7 Å². The molecule has 7 heteroatoms. The van der Waals surface area contributed by atoms with E-state index in [0.717, 1.165) is 12.8 Å². The summed E-state index contributed by atoms with van der Waals surface area (Å²) in [5.74, 6) is -0.507. The second-order valence-electron chi connectivity index (χ2n) is 7.38. The van der Waals surface area contributed by atoms with E-state index in [1.54, 1.807) is 29.2 Å². The second-order valence-corrected chi connectivity index (χ2v) is 7.38. The Kier molecular flexibility index (Phi) is 7.64. The zero-order chi connectivity index (χ0) is 19.8. The fraction of sp³-hybridized carbons (Fsp3) is 0.550. The summed E-state index contributed by atoms with van der Waals surface area (Å²) < 4.78 is 5.19. The molecule has 0 saturated carbocycles. The number of esters is 1. The molecule has 0 radical (unpaired) electrons. The number of carbonyl (C=O) groups excluding carboxylic acids is 3. The van der Waals surface area contributed by atoms with Crippen molar-refractivity contribution in [2.75, 3.05) is 25.0 Å². The normalized spacial score (nSPS) is 17.9. The summed E-state index contributed by atoms with van der Waals surface area (Å²) >= 11 is 0. The standard InChI is InChI=1S/C20H29N3O4/c1-14(2)18(22-20(26)21-16-9-5-4-6-10-16)19(25)27-13-17(24)23-11-7-8-15(3)12-23/h4-6,9-10,14-15,18H,7-8,11-13H2,1-3H3,(H2,21,22,26)/t15-,18+/m0/s1. The topological polar surface area (TPSA) is 87.7 Å². The highest BCUT2D eigenvalue weighted by atomic mass is 16.5. The monoisotopic (exact) mass is 375 g/mol. The molecule has 1 saturated heterocycles. The van der Waals surface area contributed by atoms with Crippen molar-refractivity contribution >= 4 is 23.6 Å². The number of hydrogen-bond donors (Lipinski definition) is 2. The number of urea groups is 1. The van der Waals surface area contributed by atoms with Gasteiger partial charge >= 0.3 is 12.0 Å². The van der Waals surface area contributed by atoms with Crippen molar-refractivity contribution in [2.24, 2.45) is 11.8 Å². The van der Waals surface area contributed by atoms with Crippen molar-refractivity contribution in [3.8, 4) is 0 Å². The van der Waals surface area contributed by atoms with Gasteiger partial charge in [0.1, 0.15) is 6.04 Å². The molecule has 1 aromatic carbocycles. The lowest BCUT2D eigenvalue weighted by molar-refractivity contribution is -0.155. The average molecular weight is 375 g/mol. The Hall–Kier alpha value is -2.57. The van der Waals surface area contributed by atoms with Crippen molar-refractivity contribution in [1.29, 1.82) is 0 Å². The van der Waals surface area contributed by atoms with E-state index in [1.807, 2.05) is 19.9 Å². The minimum absolute atomic E-state index is 0.177. The van der Waals surface area contributed by atoms with E-state index < -0.39 is 18.0 Å². The molecule has 1 heterocycles. The number of ether oxygens (including phenoxy) is 1. The Morgan fingerprint density at radius 1 is 1.22 bits per heavy atom. The Morgan fingerprint density at radius 3 is 2.56 bits per heavy atom. The van der Waals surface area contributed by atoms with Crippen molar-refractivity contribution in [3.63, 3.8) is 0 Å². The van der Waals surface area contributed by atoms with Crippen LogP contribution in [0.1, 0.15) is 33.6 Å². The second kappa shape index (κ2) is 9.94. The third-order valence-electron chi connectivity index (χ3n) is 4.59. The van der Waals surface area contributed by atoms with E-state index in [9.17, 15) is 14.4 Å². The zero-order valence-corrected chi connectivity index (χ0v) is 16.2. The molecule has 2 atom stereocenters. The Morgan fingerprint density at radius 2 is 1.93 bits per heavy atom. The van der Waals surface area contributed by atoms with E-state index in [-0.39, 0.29) is 18.4 Å². The first-order chi connectivity index (χ1) is 12.9. The van der Waals surface area contributed by atoms with Crippen LogP contribution in [-0.2, 0) is 14.3 Å². The van der Waals surface area contributed by atoms with Gasteiger partial charge < -0.3 is 20.3 Å². The Bertz CT molecular complexity index is 648. The molecule has 1 aromatic rings. The fourth-order valence-electron chi connectivity index (χ4n) is 3.06. The van der Waals surface area contributed by atoms with Gasteiger partial charge in [0.2, 0.25) is 0 Å². The Labute approximate surface area is 160 Å². The maximum atomic E-state index is 12.4. The lowest BCUT2D eigenvalue weighted by Gasteiger charge is -2.31. The first kappa shape index (κ1) is 20.7. The molecular formula is C20H29N3O4. The van der Waals surface area contributed by atoms with Crippen LogP contribution in [0, 0.1) is 11.8 Å². The van der Waals surface area contributed by atoms with Crippen molar-refractivity contribution in [1.82, 2.24) is 10.2 Å². The highest BCUT2D eigenvalue weighted by Gasteiger charge is 2.28. The number of likely N-dealkylation sites (tertiary alicyclic amines) is 1. The summed E-state index contributed by atoms with van der Waals surface area (Å²) in [5, 5.41) is 5.30. The highest BCUT2D eigenvalue weighted by Crippen LogP contribution is 2.15. The number of piperidine rings is 1. The van der Waals surface area contributed by atoms with Crippen molar-refractivity contribution in [2.45, 2.75) is 39.7 Å². The molecule has 2 rings (SSSR count). The van der Waals surface area contributed by atoms with Crippen LogP contribution in [0.4, 0.5) is 10.5 Å². The molecular weight excluding hydrogens is 346 g/mol. The van der Waals surface area contributed by atoms with Crippen LogP contribution in [0.2, 0.25) is 0 Å². The maximum absolute atomic E-state index is 12.4. The van der Waals surface area contributed by atoms with Gasteiger partial charge in [-0.15, -0.1) is 0 Å². The first-order valence-corrected chi connectivity index (χ1v) is 9.43. The van der Waals surface area contributed by atoms with Gasteiger partial charge in [0.25, 0.3) is 5.91 Å². The van der Waals surface area contributed by atoms with Crippen LogP contribution in [0.5, 0.6) is 0 Å². The molecule has 1 aliphatic heterocycles. The summed E-state index contributed by atoms with van der Waals surface area (Å²) in [5.41, 5.74) is 0.625. The van der Waals surface area contributed by atoms with Gasteiger partial charge in [0.15, 0.2) is 6.61 Å². The van der Waals surface area contributed by atoms with Gasteiger partial charge in [0.05, 0.1) is 0 Å². The number of anilines is 1. The summed E-state index contributed by atoms with van der Waals surface area (Å²) in [6.07, 6.45) is 2.08. The molecule has 2 N–H and O–H groups in total. The van der Waals surface area contributed by atoms with Gasteiger partial charge in [-0.3, -0.25) is 4.79 Å². The van der Waals surface area contributed by atoms with Crippen LogP contribution in [0.3, 0.4) is 0 Å². The summed E-state index contributed by atoms with van der Waals surface area (Å²) in [6, 6.07) is 7.63. The number of benzene rings is 1. The molecule has 0 bridgehead atoms. The minimum Gasteiger partial charge on any atom is -0.454 e. The fourth-order valence-corrected chi connectivity index (χ4v) is 3.06. The average Bonchev–Trinajstić information content (AvgIpc) is 2.64. The summed E-state index contributed by atoms with van der Waals surface area (Å²) in [4.78, 5) is 38.5. The van der Waals surface area contributed by atoms with Gasteiger partial charge in [0, 0.05) is 18.8 Å². The minimum atomic E-state index is -0.832. The van der Waals surface area contributed by atoms with Gasteiger partial charge in [-0.25, -0.2) is 9.59 Å². The summed E-state index contributed by atoms with van der Waals surface area (Å²) in [7, 11) is 0. The van der Waals surface area contributed by atoms with Crippen LogP contribution >= 0.6 is 0 Å². The Balaban J connectivity index is 1.84. The maximum Gasteiger partial charge on any atom is 0.329 e. The van der Waals surface area contributed by atoms with Crippen LogP contribution in [-0.4, -0.2) is 48.5 Å². The molecule has 1 aliphatic rings. The third kappa shape index (κ3) is 6.58. The molecule has 3 amide bonds. The van der Waals surface area contributed by atoms with Crippen molar-refractivity contribution in [3.05, 3.63) is 30.3 Å². The predicted molar refractivity (Wildman–Crippen MR) is 103 cm³/mol. The predicted octanol–water partition coefficient (Wildman–Crippen LogP) is 2.63. The summed E-state index contributed by atoms with van der Waals surface area (Å²) in [6.45, 7) is 6.83. The molecule has 0 spiro atoms. The van der Waals surface area contributed by atoms with Crippen molar-refractivity contribution < 1.29 is 19.1 Å². The van der Waals surface area contributed by atoms with E-state index in [4.69, 9.17) is 4.74 Å². The number of amides is 3. The lowest BCUT2D eigenvalue weighted by Crippen LogP contribution is -2.48. The molecule has 0 aromatic heterocycles. The zero-order valence-electron chi connectivity index (χ0n) is 16.2. The number of nitrogens with one attached hydrogen (secondary N) is 2. The number of carbonyl (C=O) groups is 3. The van der Waals surface area contributed by atoms with Gasteiger partial charge in [-0.05, 0) is 36.8 Å². The third-order valence-corrected chi connectivity index (χ3v) is 4.59. The SMILES string of the molecule is CC(C)[C@@H](NC(=O)Nc1ccccc1)C(=O)OCC(=O)N1CCC[C@H](C)C1.